The third-order valence-electron chi connectivity index (χ3n) is 2.92. The molecule has 0 aromatic rings. The number of carbonyl (C=O) groups is 2. The van der Waals surface area contributed by atoms with E-state index in [0.717, 1.165) is 12.8 Å². The zero-order valence-electron chi connectivity index (χ0n) is 11.3. The van der Waals surface area contributed by atoms with Gasteiger partial charge in [-0.15, -0.1) is 0 Å². The lowest BCUT2D eigenvalue weighted by Gasteiger charge is -2.25. The summed E-state index contributed by atoms with van der Waals surface area (Å²) in [5, 5.41) is 11.7. The van der Waals surface area contributed by atoms with Gasteiger partial charge < -0.3 is 19.9 Å². The predicted octanol–water partition coefficient (Wildman–Crippen LogP) is -0.685. The summed E-state index contributed by atoms with van der Waals surface area (Å²) in [6.45, 7) is 2.06. The van der Waals surface area contributed by atoms with Gasteiger partial charge in [-0.2, -0.15) is 0 Å². The van der Waals surface area contributed by atoms with E-state index in [1.54, 1.807) is 12.0 Å². The second kappa shape index (κ2) is 8.84. The van der Waals surface area contributed by atoms with Gasteiger partial charge in [0.25, 0.3) is 0 Å². The van der Waals surface area contributed by atoms with E-state index in [1.165, 1.54) is 0 Å². The third kappa shape index (κ3) is 7.09. The molecule has 0 aliphatic carbocycles. The van der Waals surface area contributed by atoms with Gasteiger partial charge in [0.1, 0.15) is 0 Å². The molecule has 0 aromatic carbocycles. The first-order valence-electron chi connectivity index (χ1n) is 6.42. The molecule has 0 atom stereocenters. The number of hydrogen-bond donors (Lipinski definition) is 2. The predicted molar refractivity (Wildman–Crippen MR) is 67.9 cm³/mol. The Hall–Kier alpha value is -1.18. The fourth-order valence-electron chi connectivity index (χ4n) is 1.94. The van der Waals surface area contributed by atoms with Gasteiger partial charge in [0.05, 0.1) is 19.7 Å². The summed E-state index contributed by atoms with van der Waals surface area (Å²) >= 11 is 0. The van der Waals surface area contributed by atoms with Crippen molar-refractivity contribution in [2.75, 3.05) is 46.6 Å². The largest absolute Gasteiger partial charge is 0.480 e. The van der Waals surface area contributed by atoms with E-state index < -0.39 is 5.97 Å². The van der Waals surface area contributed by atoms with Crippen LogP contribution in [0.25, 0.3) is 0 Å². The zero-order valence-corrected chi connectivity index (χ0v) is 11.3. The molecule has 1 heterocycles. The summed E-state index contributed by atoms with van der Waals surface area (Å²) in [6.07, 6.45) is 1.62. The number of hydrogen-bond acceptors (Lipinski definition) is 5. The summed E-state index contributed by atoms with van der Waals surface area (Å²) in [5.74, 6) is -1.10. The molecule has 0 aromatic heterocycles. The SMILES string of the molecule is COCCN(CC(=O)O)CC(=O)NC1CCOCC1. The third-order valence-corrected chi connectivity index (χ3v) is 2.92. The van der Waals surface area contributed by atoms with Crippen molar-refractivity contribution in [1.82, 2.24) is 10.2 Å². The van der Waals surface area contributed by atoms with Crippen molar-refractivity contribution in [3.63, 3.8) is 0 Å². The second-order valence-electron chi connectivity index (χ2n) is 4.55. The first-order valence-corrected chi connectivity index (χ1v) is 6.42. The van der Waals surface area contributed by atoms with E-state index in [2.05, 4.69) is 5.32 Å². The van der Waals surface area contributed by atoms with Gasteiger partial charge in [-0.05, 0) is 12.8 Å². The van der Waals surface area contributed by atoms with E-state index in [9.17, 15) is 9.59 Å². The van der Waals surface area contributed by atoms with Crippen LogP contribution >= 0.6 is 0 Å². The lowest BCUT2D eigenvalue weighted by Crippen LogP contribution is -2.46. The Labute approximate surface area is 112 Å². The molecule has 1 saturated heterocycles. The number of rotatable bonds is 8. The summed E-state index contributed by atoms with van der Waals surface area (Å²) in [5.41, 5.74) is 0. The molecule has 7 heteroatoms. The zero-order chi connectivity index (χ0) is 14.1. The van der Waals surface area contributed by atoms with E-state index >= 15 is 0 Å². The average molecular weight is 274 g/mol. The van der Waals surface area contributed by atoms with Crippen molar-refractivity contribution in [2.24, 2.45) is 0 Å². The number of amides is 1. The molecule has 1 fully saturated rings. The van der Waals surface area contributed by atoms with Crippen LogP contribution in [0.15, 0.2) is 0 Å². The number of nitrogens with one attached hydrogen (secondary N) is 1. The fourth-order valence-corrected chi connectivity index (χ4v) is 1.94. The van der Waals surface area contributed by atoms with Gasteiger partial charge in [0.15, 0.2) is 0 Å². The van der Waals surface area contributed by atoms with E-state index in [-0.39, 0.29) is 25.0 Å². The maximum atomic E-state index is 11.8. The smallest absolute Gasteiger partial charge is 0.317 e. The molecule has 0 spiro atoms. The highest BCUT2D eigenvalue weighted by Gasteiger charge is 2.18. The topological polar surface area (TPSA) is 88.1 Å². The Bertz CT molecular complexity index is 292. The molecule has 0 radical (unpaired) electrons. The van der Waals surface area contributed by atoms with Crippen LogP contribution < -0.4 is 5.32 Å². The molecule has 2 N–H and O–H groups in total. The minimum absolute atomic E-state index is 0.0764. The molecule has 1 aliphatic rings. The standard InChI is InChI=1S/C12H22N2O5/c1-18-7-4-14(9-12(16)17)8-11(15)13-10-2-5-19-6-3-10/h10H,2-9H2,1H3,(H,13,15)(H,16,17). The van der Waals surface area contributed by atoms with Crippen LogP contribution in [0.5, 0.6) is 0 Å². The maximum Gasteiger partial charge on any atom is 0.317 e. The van der Waals surface area contributed by atoms with Crippen molar-refractivity contribution in [3.8, 4) is 0 Å². The summed E-state index contributed by atoms with van der Waals surface area (Å²) in [6, 6.07) is 0.135. The molecule has 1 rings (SSSR count). The van der Waals surface area contributed by atoms with E-state index in [4.69, 9.17) is 14.6 Å². The highest BCUT2D eigenvalue weighted by molar-refractivity contribution is 5.79. The molecule has 0 bridgehead atoms. The lowest BCUT2D eigenvalue weighted by molar-refractivity contribution is -0.138. The minimum atomic E-state index is -0.949. The molecular weight excluding hydrogens is 252 g/mol. The van der Waals surface area contributed by atoms with Crippen molar-refractivity contribution in [1.29, 1.82) is 0 Å². The molecule has 19 heavy (non-hydrogen) atoms. The summed E-state index contributed by atoms with van der Waals surface area (Å²) in [7, 11) is 1.54. The average Bonchev–Trinajstić information content (AvgIpc) is 2.36. The fraction of sp³-hybridized carbons (Fsp3) is 0.833. The Kier molecular flexibility index (Phi) is 7.39. The first-order chi connectivity index (χ1) is 9.11. The lowest BCUT2D eigenvalue weighted by atomic mass is 10.1. The van der Waals surface area contributed by atoms with Gasteiger partial charge in [-0.25, -0.2) is 0 Å². The summed E-state index contributed by atoms with van der Waals surface area (Å²) < 4.78 is 10.1. The van der Waals surface area contributed by atoms with Crippen LogP contribution in [-0.4, -0.2) is 74.5 Å². The highest BCUT2D eigenvalue weighted by Crippen LogP contribution is 2.05. The number of methoxy groups -OCH3 is 1. The maximum absolute atomic E-state index is 11.8. The summed E-state index contributed by atoms with van der Waals surface area (Å²) in [4.78, 5) is 24.1. The molecule has 1 amide bonds. The Morgan fingerprint density at radius 2 is 2.05 bits per heavy atom. The Morgan fingerprint density at radius 3 is 2.63 bits per heavy atom. The number of carboxylic acids is 1. The van der Waals surface area contributed by atoms with Crippen molar-refractivity contribution in [3.05, 3.63) is 0 Å². The molecule has 110 valence electrons. The highest BCUT2D eigenvalue weighted by atomic mass is 16.5. The van der Waals surface area contributed by atoms with Crippen LogP contribution in [0, 0.1) is 0 Å². The quantitative estimate of drug-likeness (QED) is 0.609. The van der Waals surface area contributed by atoms with E-state index in [0.29, 0.717) is 26.4 Å². The monoisotopic (exact) mass is 274 g/mol. The van der Waals surface area contributed by atoms with Gasteiger partial charge in [-0.3, -0.25) is 14.5 Å². The van der Waals surface area contributed by atoms with Gasteiger partial charge in [0, 0.05) is 32.9 Å². The first kappa shape index (κ1) is 15.9. The molecular formula is C12H22N2O5. The van der Waals surface area contributed by atoms with Crippen molar-refractivity contribution >= 4 is 11.9 Å². The Morgan fingerprint density at radius 1 is 1.37 bits per heavy atom. The van der Waals surface area contributed by atoms with Crippen LogP contribution in [0.2, 0.25) is 0 Å². The molecule has 0 unspecified atom stereocenters. The number of carbonyl (C=O) groups excluding carboxylic acids is 1. The van der Waals surface area contributed by atoms with Crippen LogP contribution in [0.3, 0.4) is 0 Å². The second-order valence-corrected chi connectivity index (χ2v) is 4.55. The molecule has 0 saturated carbocycles. The Balaban J connectivity index is 2.33. The van der Waals surface area contributed by atoms with Crippen molar-refractivity contribution < 1.29 is 24.2 Å². The van der Waals surface area contributed by atoms with Crippen LogP contribution in [-0.2, 0) is 19.1 Å². The minimum Gasteiger partial charge on any atom is -0.480 e. The van der Waals surface area contributed by atoms with Gasteiger partial charge in [0.2, 0.25) is 5.91 Å². The number of ether oxygens (including phenoxy) is 2. The number of carboxylic acid groups (broad SMARTS) is 1. The van der Waals surface area contributed by atoms with Crippen LogP contribution in [0.1, 0.15) is 12.8 Å². The van der Waals surface area contributed by atoms with E-state index in [1.807, 2.05) is 0 Å². The molecule has 1 aliphatic heterocycles. The van der Waals surface area contributed by atoms with Gasteiger partial charge in [-0.1, -0.05) is 0 Å². The molecule has 7 nitrogen and oxygen atoms in total. The number of aliphatic carboxylic acids is 1. The van der Waals surface area contributed by atoms with Gasteiger partial charge >= 0.3 is 5.97 Å². The normalized spacial score (nSPS) is 16.5. The van der Waals surface area contributed by atoms with Crippen LogP contribution in [0.4, 0.5) is 0 Å². The van der Waals surface area contributed by atoms with Crippen molar-refractivity contribution in [2.45, 2.75) is 18.9 Å². The number of nitrogens with zero attached hydrogens (tertiary/aromatic N) is 1.